The molecule has 0 radical (unpaired) electrons. The number of hydrogen-bond acceptors (Lipinski definition) is 5. The number of ether oxygens (including phenoxy) is 1. The average molecular weight is 207 g/mol. The van der Waals surface area contributed by atoms with Crippen LogP contribution in [-0.2, 0) is 0 Å². The molecule has 0 atom stereocenters. The Morgan fingerprint density at radius 1 is 1.67 bits per heavy atom. The van der Waals surface area contributed by atoms with Gasteiger partial charge in [-0.15, -0.1) is 12.3 Å². The van der Waals surface area contributed by atoms with Crippen molar-refractivity contribution in [1.29, 1.82) is 0 Å². The molecule has 1 aromatic heterocycles. The third kappa shape index (κ3) is 2.84. The number of hydrogen-bond donors (Lipinski definition) is 1. The van der Waals surface area contributed by atoms with Crippen LogP contribution in [0.3, 0.4) is 0 Å². The molecule has 6 nitrogen and oxygen atoms in total. The molecule has 1 heterocycles. The van der Waals surface area contributed by atoms with Crippen molar-refractivity contribution in [3.63, 3.8) is 0 Å². The van der Waals surface area contributed by atoms with Crippen molar-refractivity contribution in [3.05, 3.63) is 22.2 Å². The molecule has 0 saturated heterocycles. The predicted octanol–water partition coefficient (Wildman–Crippen LogP) is 0.974. The van der Waals surface area contributed by atoms with E-state index < -0.39 is 4.92 Å². The Balaban J connectivity index is 2.74. The zero-order valence-corrected chi connectivity index (χ0v) is 7.84. The van der Waals surface area contributed by atoms with E-state index in [1.165, 1.54) is 12.1 Å². The van der Waals surface area contributed by atoms with Gasteiger partial charge < -0.3 is 10.5 Å². The summed E-state index contributed by atoms with van der Waals surface area (Å²) in [6.07, 6.45) is 5.47. The fraction of sp³-hybridized carbons (Fsp3) is 0.222. The van der Waals surface area contributed by atoms with Crippen LogP contribution in [0.4, 0.5) is 11.5 Å². The van der Waals surface area contributed by atoms with E-state index in [1.807, 2.05) is 0 Å². The molecular formula is C9H9N3O3. The van der Waals surface area contributed by atoms with E-state index in [0.717, 1.165) is 0 Å². The average Bonchev–Trinajstić information content (AvgIpc) is 2.17. The molecule has 0 unspecified atom stereocenters. The van der Waals surface area contributed by atoms with E-state index in [1.54, 1.807) is 0 Å². The maximum Gasteiger partial charge on any atom is 0.311 e. The molecule has 1 rings (SSSR count). The van der Waals surface area contributed by atoms with Crippen LogP contribution in [0, 0.1) is 22.5 Å². The monoisotopic (exact) mass is 207 g/mol. The number of nitrogen functional groups attached to an aromatic ring is 1. The zero-order chi connectivity index (χ0) is 11.3. The Bertz CT molecular complexity index is 412. The topological polar surface area (TPSA) is 91.3 Å². The van der Waals surface area contributed by atoms with Crippen LogP contribution in [0.1, 0.15) is 6.42 Å². The van der Waals surface area contributed by atoms with Crippen molar-refractivity contribution in [3.8, 4) is 18.2 Å². The van der Waals surface area contributed by atoms with Crippen molar-refractivity contribution in [2.45, 2.75) is 6.42 Å². The van der Waals surface area contributed by atoms with Gasteiger partial charge in [-0.1, -0.05) is 0 Å². The number of rotatable bonds is 4. The molecule has 2 N–H and O–H groups in total. The number of anilines is 1. The lowest BCUT2D eigenvalue weighted by Gasteiger charge is -2.03. The number of nitrogens with zero attached hydrogens (tertiary/aromatic N) is 2. The molecule has 0 aliphatic heterocycles. The highest BCUT2D eigenvalue weighted by Gasteiger charge is 2.12. The first-order chi connectivity index (χ1) is 7.15. The maximum atomic E-state index is 10.4. The smallest absolute Gasteiger partial charge is 0.311 e. The Morgan fingerprint density at radius 3 is 2.93 bits per heavy atom. The standard InChI is InChI=1S/C9H9N3O3/c1-2-3-6-15-8-5-4-7(12(13)14)9(10)11-8/h1,4-5H,3,6H2,(H2,10,11). The van der Waals surface area contributed by atoms with Gasteiger partial charge in [0, 0.05) is 18.6 Å². The quantitative estimate of drug-likeness (QED) is 0.344. The molecule has 0 aliphatic rings. The summed E-state index contributed by atoms with van der Waals surface area (Å²) in [7, 11) is 0. The first-order valence-electron chi connectivity index (χ1n) is 4.12. The molecule has 15 heavy (non-hydrogen) atoms. The SMILES string of the molecule is C#CCCOc1ccc([N+](=O)[O-])c(N)n1. The van der Waals surface area contributed by atoms with E-state index in [9.17, 15) is 10.1 Å². The third-order valence-electron chi connectivity index (χ3n) is 1.57. The highest BCUT2D eigenvalue weighted by Crippen LogP contribution is 2.21. The Hall–Kier alpha value is -2.29. The highest BCUT2D eigenvalue weighted by molar-refractivity contribution is 5.53. The van der Waals surface area contributed by atoms with Gasteiger partial charge in [0.15, 0.2) is 0 Å². The summed E-state index contributed by atoms with van der Waals surface area (Å²) >= 11 is 0. The molecule has 78 valence electrons. The predicted molar refractivity (Wildman–Crippen MR) is 54.2 cm³/mol. The summed E-state index contributed by atoms with van der Waals surface area (Å²) < 4.78 is 5.11. The van der Waals surface area contributed by atoms with E-state index in [-0.39, 0.29) is 17.4 Å². The number of terminal acetylenes is 1. The van der Waals surface area contributed by atoms with Crippen LogP contribution in [0.5, 0.6) is 5.88 Å². The van der Waals surface area contributed by atoms with Gasteiger partial charge in [0.1, 0.15) is 6.61 Å². The van der Waals surface area contributed by atoms with Gasteiger partial charge in [-0.25, -0.2) is 0 Å². The minimum Gasteiger partial charge on any atom is -0.477 e. The minimum atomic E-state index is -0.604. The number of pyridine rings is 1. The van der Waals surface area contributed by atoms with Crippen LogP contribution >= 0.6 is 0 Å². The lowest BCUT2D eigenvalue weighted by atomic mass is 10.4. The second-order valence-electron chi connectivity index (χ2n) is 2.61. The van der Waals surface area contributed by atoms with E-state index >= 15 is 0 Å². The lowest BCUT2D eigenvalue weighted by Crippen LogP contribution is -2.02. The van der Waals surface area contributed by atoms with Crippen molar-refractivity contribution in [1.82, 2.24) is 4.98 Å². The number of aromatic nitrogens is 1. The van der Waals surface area contributed by atoms with Crippen LogP contribution in [0.25, 0.3) is 0 Å². The normalized spacial score (nSPS) is 9.27. The molecular weight excluding hydrogens is 198 g/mol. The molecule has 0 aliphatic carbocycles. The molecule has 1 aromatic rings. The van der Waals surface area contributed by atoms with Gasteiger partial charge in [0.2, 0.25) is 11.7 Å². The molecule has 0 saturated carbocycles. The fourth-order valence-electron chi connectivity index (χ4n) is 0.898. The van der Waals surface area contributed by atoms with Crippen LogP contribution in [0.2, 0.25) is 0 Å². The molecule has 0 amide bonds. The van der Waals surface area contributed by atoms with E-state index in [4.69, 9.17) is 16.9 Å². The second-order valence-corrected chi connectivity index (χ2v) is 2.61. The first-order valence-corrected chi connectivity index (χ1v) is 4.12. The largest absolute Gasteiger partial charge is 0.477 e. The van der Waals surface area contributed by atoms with Crippen molar-refractivity contribution in [2.24, 2.45) is 0 Å². The molecule has 0 bridgehead atoms. The Labute approximate surface area is 86.2 Å². The molecule has 0 fully saturated rings. The number of nitro groups is 1. The van der Waals surface area contributed by atoms with E-state index in [0.29, 0.717) is 13.0 Å². The number of nitrogens with two attached hydrogens (primary N) is 1. The van der Waals surface area contributed by atoms with Gasteiger partial charge in [0.05, 0.1) is 4.92 Å². The fourth-order valence-corrected chi connectivity index (χ4v) is 0.898. The summed E-state index contributed by atoms with van der Waals surface area (Å²) in [6, 6.07) is 2.62. The van der Waals surface area contributed by atoms with Crippen LogP contribution in [0.15, 0.2) is 12.1 Å². The summed E-state index contributed by atoms with van der Waals surface area (Å²) in [5.41, 5.74) is 5.12. The summed E-state index contributed by atoms with van der Waals surface area (Å²) in [4.78, 5) is 13.5. The van der Waals surface area contributed by atoms with Gasteiger partial charge >= 0.3 is 5.69 Å². The highest BCUT2D eigenvalue weighted by atomic mass is 16.6. The zero-order valence-electron chi connectivity index (χ0n) is 7.84. The van der Waals surface area contributed by atoms with Gasteiger partial charge in [-0.05, 0) is 0 Å². The maximum absolute atomic E-state index is 10.4. The molecule has 0 spiro atoms. The van der Waals surface area contributed by atoms with Crippen molar-refractivity contribution >= 4 is 11.5 Å². The molecule has 6 heteroatoms. The minimum absolute atomic E-state index is 0.168. The van der Waals surface area contributed by atoms with Crippen molar-refractivity contribution in [2.75, 3.05) is 12.3 Å². The van der Waals surface area contributed by atoms with Crippen molar-refractivity contribution < 1.29 is 9.66 Å². The molecule has 0 aromatic carbocycles. The summed E-state index contributed by atoms with van der Waals surface area (Å²) in [5, 5.41) is 10.4. The second kappa shape index (κ2) is 4.81. The first kappa shape index (κ1) is 10.8. The Kier molecular flexibility index (Phi) is 3.46. The summed E-state index contributed by atoms with van der Waals surface area (Å²) in [6.45, 7) is 0.306. The lowest BCUT2D eigenvalue weighted by molar-refractivity contribution is -0.384. The van der Waals surface area contributed by atoms with Crippen LogP contribution in [-0.4, -0.2) is 16.5 Å². The van der Waals surface area contributed by atoms with Gasteiger partial charge in [-0.3, -0.25) is 10.1 Å². The van der Waals surface area contributed by atoms with Crippen LogP contribution < -0.4 is 10.5 Å². The third-order valence-corrected chi connectivity index (χ3v) is 1.57. The summed E-state index contributed by atoms with van der Waals surface area (Å²) in [5.74, 6) is 2.45. The van der Waals surface area contributed by atoms with Gasteiger partial charge in [0.25, 0.3) is 0 Å². The Morgan fingerprint density at radius 2 is 2.40 bits per heavy atom. The van der Waals surface area contributed by atoms with Gasteiger partial charge in [-0.2, -0.15) is 4.98 Å². The van der Waals surface area contributed by atoms with E-state index in [2.05, 4.69) is 10.9 Å².